The molecule has 0 aliphatic carbocycles. The van der Waals surface area contributed by atoms with Crippen LogP contribution in [0.25, 0.3) is 0 Å². The second-order valence-electron chi connectivity index (χ2n) is 3.73. The molecule has 0 aliphatic rings. The molecule has 1 nitrogen and oxygen atoms in total. The second-order valence-corrected chi connectivity index (χ2v) is 5.99. The number of hydrogen-bond acceptors (Lipinski definition) is 2. The fourth-order valence-corrected chi connectivity index (χ4v) is 3.11. The first kappa shape index (κ1) is 13.0. The lowest BCUT2D eigenvalue weighted by atomic mass is 10.1. The van der Waals surface area contributed by atoms with Crippen molar-refractivity contribution in [2.24, 2.45) is 5.73 Å². The lowest BCUT2D eigenvalue weighted by Crippen LogP contribution is -2.11. The number of nitrogens with two attached hydrogens (primary N) is 1. The molecule has 1 aromatic carbocycles. The molecule has 1 aromatic heterocycles. The van der Waals surface area contributed by atoms with E-state index in [2.05, 4.69) is 15.9 Å². The number of benzene rings is 1. The minimum absolute atomic E-state index is 0.119. The van der Waals surface area contributed by atoms with Gasteiger partial charge in [-0.1, -0.05) is 17.7 Å². The van der Waals surface area contributed by atoms with E-state index in [4.69, 9.17) is 17.3 Å². The largest absolute Gasteiger partial charge is 0.323 e. The summed E-state index contributed by atoms with van der Waals surface area (Å²) in [5.74, 6) is -0.399. The SMILES string of the molecule is NC(Cc1ccc(Cl)c(F)c1)c1cc(Br)cs1. The van der Waals surface area contributed by atoms with Crippen molar-refractivity contribution in [2.45, 2.75) is 12.5 Å². The van der Waals surface area contributed by atoms with Crippen LogP contribution in [0.2, 0.25) is 5.02 Å². The Morgan fingerprint density at radius 1 is 1.41 bits per heavy atom. The van der Waals surface area contributed by atoms with Crippen molar-refractivity contribution < 1.29 is 4.39 Å². The van der Waals surface area contributed by atoms with Crippen LogP contribution in [0.3, 0.4) is 0 Å². The van der Waals surface area contributed by atoms with Crippen molar-refractivity contribution in [1.82, 2.24) is 0 Å². The summed E-state index contributed by atoms with van der Waals surface area (Å²) in [5, 5.41) is 2.12. The van der Waals surface area contributed by atoms with Crippen molar-refractivity contribution in [3.8, 4) is 0 Å². The molecular formula is C12H10BrClFNS. The first-order chi connectivity index (χ1) is 8.06. The van der Waals surface area contributed by atoms with Gasteiger partial charge < -0.3 is 5.73 Å². The minimum atomic E-state index is -0.399. The molecule has 0 saturated heterocycles. The summed E-state index contributed by atoms with van der Waals surface area (Å²) < 4.78 is 14.3. The van der Waals surface area contributed by atoms with Crippen LogP contribution in [0, 0.1) is 5.82 Å². The van der Waals surface area contributed by atoms with Crippen LogP contribution in [0.4, 0.5) is 4.39 Å². The van der Waals surface area contributed by atoms with Crippen LogP contribution in [0.15, 0.2) is 34.1 Å². The zero-order valence-electron chi connectivity index (χ0n) is 8.79. The molecule has 2 rings (SSSR count). The molecule has 0 fully saturated rings. The Morgan fingerprint density at radius 2 is 2.18 bits per heavy atom. The average Bonchev–Trinajstić information content (AvgIpc) is 2.70. The van der Waals surface area contributed by atoms with Crippen LogP contribution < -0.4 is 5.73 Å². The van der Waals surface area contributed by atoms with Gasteiger partial charge in [-0.05, 0) is 46.1 Å². The van der Waals surface area contributed by atoms with E-state index in [0.717, 1.165) is 14.9 Å². The van der Waals surface area contributed by atoms with Crippen molar-refractivity contribution in [2.75, 3.05) is 0 Å². The molecule has 0 bridgehead atoms. The van der Waals surface area contributed by atoms with Crippen LogP contribution in [-0.2, 0) is 6.42 Å². The van der Waals surface area contributed by atoms with E-state index in [1.807, 2.05) is 11.4 Å². The molecule has 0 radical (unpaired) electrons. The maximum atomic E-state index is 13.3. The molecule has 1 atom stereocenters. The first-order valence-corrected chi connectivity index (χ1v) is 7.05. The Bertz CT molecular complexity index is 529. The highest BCUT2D eigenvalue weighted by Crippen LogP contribution is 2.27. The lowest BCUT2D eigenvalue weighted by Gasteiger charge is -2.09. The van der Waals surface area contributed by atoms with Gasteiger partial charge in [0.25, 0.3) is 0 Å². The maximum Gasteiger partial charge on any atom is 0.142 e. The Kier molecular flexibility index (Phi) is 4.20. The molecule has 90 valence electrons. The van der Waals surface area contributed by atoms with Crippen molar-refractivity contribution in [3.63, 3.8) is 0 Å². The lowest BCUT2D eigenvalue weighted by molar-refractivity contribution is 0.623. The molecule has 0 amide bonds. The van der Waals surface area contributed by atoms with Crippen molar-refractivity contribution in [1.29, 1.82) is 0 Å². The molecule has 1 unspecified atom stereocenters. The third-order valence-corrected chi connectivity index (χ3v) is 4.52. The molecule has 0 aliphatic heterocycles. The molecule has 0 spiro atoms. The van der Waals surface area contributed by atoms with Crippen LogP contribution in [-0.4, -0.2) is 0 Å². The molecule has 5 heteroatoms. The quantitative estimate of drug-likeness (QED) is 0.876. The predicted octanol–water partition coefficient (Wildman–Crippen LogP) is 4.55. The summed E-state index contributed by atoms with van der Waals surface area (Å²) in [4.78, 5) is 1.08. The number of thiophene rings is 1. The van der Waals surface area contributed by atoms with E-state index in [1.54, 1.807) is 23.5 Å². The summed E-state index contributed by atoms with van der Waals surface area (Å²) in [6.07, 6.45) is 0.598. The standard InChI is InChI=1S/C12H10BrClFNS/c13-8-5-12(17-6-8)11(16)4-7-1-2-9(14)10(15)3-7/h1-3,5-6,11H,4,16H2. The van der Waals surface area contributed by atoms with Crippen LogP contribution in [0.5, 0.6) is 0 Å². The third-order valence-electron chi connectivity index (χ3n) is 2.39. The topological polar surface area (TPSA) is 26.0 Å². The molecule has 2 N–H and O–H groups in total. The number of rotatable bonds is 3. The predicted molar refractivity (Wildman–Crippen MR) is 74.1 cm³/mol. The van der Waals surface area contributed by atoms with Gasteiger partial charge in [0.05, 0.1) is 5.02 Å². The monoisotopic (exact) mass is 333 g/mol. The second kappa shape index (κ2) is 5.48. The average molecular weight is 335 g/mol. The smallest absolute Gasteiger partial charge is 0.142 e. The van der Waals surface area contributed by atoms with Gasteiger partial charge in [0, 0.05) is 20.8 Å². The molecule has 2 aromatic rings. The normalized spacial score (nSPS) is 12.7. The van der Waals surface area contributed by atoms with E-state index >= 15 is 0 Å². The molecule has 17 heavy (non-hydrogen) atoms. The number of halogens is 3. The Balaban J connectivity index is 2.12. The van der Waals surface area contributed by atoms with E-state index in [1.165, 1.54) is 6.07 Å². The fourth-order valence-electron chi connectivity index (χ4n) is 1.54. The van der Waals surface area contributed by atoms with E-state index in [0.29, 0.717) is 6.42 Å². The molecule has 0 saturated carbocycles. The number of hydrogen-bond donors (Lipinski definition) is 1. The van der Waals surface area contributed by atoms with E-state index < -0.39 is 5.82 Å². The Labute approximate surface area is 117 Å². The van der Waals surface area contributed by atoms with E-state index in [9.17, 15) is 4.39 Å². The maximum absolute atomic E-state index is 13.3. The van der Waals surface area contributed by atoms with Gasteiger partial charge in [0.15, 0.2) is 0 Å². The Morgan fingerprint density at radius 3 is 2.76 bits per heavy atom. The van der Waals surface area contributed by atoms with Gasteiger partial charge in [-0.3, -0.25) is 0 Å². The van der Waals surface area contributed by atoms with Gasteiger partial charge in [0.1, 0.15) is 5.82 Å². The van der Waals surface area contributed by atoms with Crippen LogP contribution >= 0.6 is 38.9 Å². The highest BCUT2D eigenvalue weighted by molar-refractivity contribution is 9.10. The van der Waals surface area contributed by atoms with Gasteiger partial charge in [-0.15, -0.1) is 11.3 Å². The highest BCUT2D eigenvalue weighted by atomic mass is 79.9. The van der Waals surface area contributed by atoms with Crippen molar-refractivity contribution >= 4 is 38.9 Å². The summed E-state index contributed by atoms with van der Waals surface area (Å²) in [6.45, 7) is 0. The van der Waals surface area contributed by atoms with Gasteiger partial charge in [-0.2, -0.15) is 0 Å². The fraction of sp³-hybridized carbons (Fsp3) is 0.167. The molecule has 1 heterocycles. The summed E-state index contributed by atoms with van der Waals surface area (Å²) in [5.41, 5.74) is 6.91. The highest BCUT2D eigenvalue weighted by Gasteiger charge is 2.10. The van der Waals surface area contributed by atoms with Gasteiger partial charge >= 0.3 is 0 Å². The van der Waals surface area contributed by atoms with Crippen molar-refractivity contribution in [3.05, 3.63) is 55.4 Å². The summed E-state index contributed by atoms with van der Waals surface area (Å²) in [7, 11) is 0. The third kappa shape index (κ3) is 3.28. The minimum Gasteiger partial charge on any atom is -0.323 e. The van der Waals surface area contributed by atoms with Crippen LogP contribution in [0.1, 0.15) is 16.5 Å². The van der Waals surface area contributed by atoms with E-state index in [-0.39, 0.29) is 11.1 Å². The van der Waals surface area contributed by atoms with Gasteiger partial charge in [-0.25, -0.2) is 4.39 Å². The first-order valence-electron chi connectivity index (χ1n) is 4.99. The zero-order chi connectivity index (χ0) is 12.4. The summed E-state index contributed by atoms with van der Waals surface area (Å²) in [6, 6.07) is 6.66. The zero-order valence-corrected chi connectivity index (χ0v) is 11.9. The van der Waals surface area contributed by atoms with Gasteiger partial charge in [0.2, 0.25) is 0 Å². The molecular weight excluding hydrogens is 325 g/mol. The summed E-state index contributed by atoms with van der Waals surface area (Å²) >= 11 is 10.6. The Hall–Kier alpha value is -0.420.